The lowest BCUT2D eigenvalue weighted by molar-refractivity contribution is 0.238. The third-order valence-electron chi connectivity index (χ3n) is 4.52. The number of aromatic nitrogens is 1. The Hall–Kier alpha value is -1.52. The number of benzene rings is 2. The minimum absolute atomic E-state index is 0.118. The Kier molecular flexibility index (Phi) is 6.02. The Balaban J connectivity index is 1.90. The molecule has 0 amide bonds. The topological polar surface area (TPSA) is 37.2 Å². The Bertz CT molecular complexity index is 856. The molecular weight excluding hydrogens is 355 g/mol. The molecule has 0 bridgehead atoms. The molecule has 1 aromatic heterocycles. The first-order valence-corrected chi connectivity index (χ1v) is 9.23. The molecule has 3 aromatic rings. The van der Waals surface area contributed by atoms with E-state index in [9.17, 15) is 5.11 Å². The lowest BCUT2D eigenvalue weighted by Crippen LogP contribution is -2.31. The molecule has 1 heterocycles. The van der Waals surface area contributed by atoms with E-state index >= 15 is 0 Å². The van der Waals surface area contributed by atoms with Gasteiger partial charge in [-0.1, -0.05) is 54.4 Å². The fourth-order valence-electron chi connectivity index (χ4n) is 3.02. The minimum Gasteiger partial charge on any atom is -0.395 e. The minimum atomic E-state index is 0.118. The van der Waals surface area contributed by atoms with Gasteiger partial charge in [-0.3, -0.25) is 0 Å². The van der Waals surface area contributed by atoms with Gasteiger partial charge in [-0.25, -0.2) is 0 Å². The van der Waals surface area contributed by atoms with E-state index in [1.807, 2.05) is 18.2 Å². The maximum absolute atomic E-state index is 9.38. The summed E-state index contributed by atoms with van der Waals surface area (Å²) in [4.78, 5) is 0. The molecule has 1 unspecified atom stereocenters. The van der Waals surface area contributed by atoms with Crippen molar-refractivity contribution >= 4 is 34.1 Å². The van der Waals surface area contributed by atoms with Crippen molar-refractivity contribution in [3.8, 4) is 0 Å². The van der Waals surface area contributed by atoms with Gasteiger partial charge in [0.05, 0.1) is 6.61 Å². The molecule has 2 N–H and O–H groups in total. The highest BCUT2D eigenvalue weighted by molar-refractivity contribution is 6.35. The number of para-hydroxylation sites is 1. The van der Waals surface area contributed by atoms with E-state index in [4.69, 9.17) is 23.2 Å². The molecule has 132 valence electrons. The van der Waals surface area contributed by atoms with Crippen molar-refractivity contribution in [3.05, 3.63) is 69.8 Å². The molecule has 0 aliphatic carbocycles. The van der Waals surface area contributed by atoms with Gasteiger partial charge in [-0.05, 0) is 35.7 Å². The zero-order chi connectivity index (χ0) is 17.8. The van der Waals surface area contributed by atoms with Gasteiger partial charge in [0.15, 0.2) is 0 Å². The summed E-state index contributed by atoms with van der Waals surface area (Å²) in [6, 6.07) is 14.1. The number of nitrogens with zero attached hydrogens (tertiary/aromatic N) is 1. The highest BCUT2D eigenvalue weighted by atomic mass is 35.5. The lowest BCUT2D eigenvalue weighted by Gasteiger charge is -2.13. The zero-order valence-electron chi connectivity index (χ0n) is 14.2. The van der Waals surface area contributed by atoms with Crippen LogP contribution in [0.25, 0.3) is 10.9 Å². The van der Waals surface area contributed by atoms with Crippen LogP contribution < -0.4 is 5.32 Å². The molecule has 0 spiro atoms. The van der Waals surface area contributed by atoms with E-state index in [1.54, 1.807) is 6.07 Å². The van der Waals surface area contributed by atoms with E-state index in [0.29, 0.717) is 16.6 Å². The highest BCUT2D eigenvalue weighted by Gasteiger charge is 2.11. The zero-order valence-corrected chi connectivity index (χ0v) is 15.7. The molecule has 0 radical (unpaired) electrons. The Labute approximate surface area is 158 Å². The number of aliphatic hydroxyl groups is 1. The van der Waals surface area contributed by atoms with Crippen molar-refractivity contribution in [2.75, 3.05) is 6.61 Å². The van der Waals surface area contributed by atoms with Crippen molar-refractivity contribution in [2.45, 2.75) is 32.5 Å². The van der Waals surface area contributed by atoms with E-state index in [-0.39, 0.29) is 12.6 Å². The molecular formula is C20H22Cl2N2O. The van der Waals surface area contributed by atoms with Crippen molar-refractivity contribution in [1.29, 1.82) is 0 Å². The predicted octanol–water partition coefficient (Wildman–Crippen LogP) is 4.86. The van der Waals surface area contributed by atoms with Crippen LogP contribution in [0.3, 0.4) is 0 Å². The van der Waals surface area contributed by atoms with Crippen LogP contribution >= 0.6 is 23.2 Å². The van der Waals surface area contributed by atoms with Crippen molar-refractivity contribution in [2.24, 2.45) is 0 Å². The van der Waals surface area contributed by atoms with Crippen LogP contribution in [0.1, 0.15) is 24.5 Å². The average Bonchev–Trinajstić information content (AvgIpc) is 2.96. The molecule has 25 heavy (non-hydrogen) atoms. The third-order valence-corrected chi connectivity index (χ3v) is 5.11. The summed E-state index contributed by atoms with van der Waals surface area (Å²) < 4.78 is 2.21. The van der Waals surface area contributed by atoms with Crippen molar-refractivity contribution in [1.82, 2.24) is 9.88 Å². The van der Waals surface area contributed by atoms with E-state index < -0.39 is 0 Å². The second kappa shape index (κ2) is 8.24. The van der Waals surface area contributed by atoms with Crippen LogP contribution in [0.5, 0.6) is 0 Å². The Morgan fingerprint density at radius 3 is 2.64 bits per heavy atom. The smallest absolute Gasteiger partial charge is 0.0584 e. The molecule has 1 atom stereocenters. The van der Waals surface area contributed by atoms with E-state index in [0.717, 1.165) is 18.5 Å². The van der Waals surface area contributed by atoms with Crippen LogP contribution in [-0.2, 0) is 13.1 Å². The number of hydrogen-bond donors (Lipinski definition) is 2. The average molecular weight is 377 g/mol. The summed E-state index contributed by atoms with van der Waals surface area (Å²) in [6.07, 6.45) is 3.06. The number of nitrogens with one attached hydrogen (secondary N) is 1. The van der Waals surface area contributed by atoms with Gasteiger partial charge in [-0.15, -0.1) is 0 Å². The first kappa shape index (κ1) is 18.3. The summed E-state index contributed by atoms with van der Waals surface area (Å²) >= 11 is 12.3. The summed E-state index contributed by atoms with van der Waals surface area (Å²) in [5.74, 6) is 0. The largest absolute Gasteiger partial charge is 0.395 e. The second-order valence-electron chi connectivity index (χ2n) is 6.20. The number of aliphatic hydroxyl groups excluding tert-OH is 1. The third kappa shape index (κ3) is 4.18. The van der Waals surface area contributed by atoms with Gasteiger partial charge in [0.25, 0.3) is 0 Å². The first-order valence-electron chi connectivity index (χ1n) is 8.47. The maximum Gasteiger partial charge on any atom is 0.0584 e. The lowest BCUT2D eigenvalue weighted by atomic mass is 10.1. The van der Waals surface area contributed by atoms with Gasteiger partial charge < -0.3 is 15.0 Å². The van der Waals surface area contributed by atoms with Crippen LogP contribution in [0.2, 0.25) is 10.0 Å². The Morgan fingerprint density at radius 1 is 1.12 bits per heavy atom. The quantitative estimate of drug-likeness (QED) is 0.617. The highest BCUT2D eigenvalue weighted by Crippen LogP contribution is 2.26. The number of rotatable bonds is 7. The molecule has 0 saturated heterocycles. The standard InChI is InChI=1S/C20H22Cl2N2O/c1-2-17(13-25)23-10-15-12-24(20-6-4-3-5-18(15)20)11-14-7-8-16(21)9-19(14)22/h3-9,12,17,23,25H,2,10-11,13H2,1H3. The SMILES string of the molecule is CCC(CO)NCc1cn(Cc2ccc(Cl)cc2Cl)c2ccccc12. The first-order chi connectivity index (χ1) is 12.1. The van der Waals surface area contributed by atoms with E-state index in [2.05, 4.69) is 41.2 Å². The van der Waals surface area contributed by atoms with E-state index in [1.165, 1.54) is 16.5 Å². The summed E-state index contributed by atoms with van der Waals surface area (Å²) in [6.45, 7) is 3.63. The Morgan fingerprint density at radius 2 is 1.92 bits per heavy atom. The maximum atomic E-state index is 9.38. The molecule has 2 aromatic carbocycles. The number of fused-ring (bicyclic) bond motifs is 1. The van der Waals surface area contributed by atoms with Gasteiger partial charge >= 0.3 is 0 Å². The second-order valence-corrected chi connectivity index (χ2v) is 7.05. The molecule has 5 heteroatoms. The normalized spacial score (nSPS) is 12.6. The molecule has 0 aliphatic rings. The van der Waals surface area contributed by atoms with Gasteiger partial charge in [-0.2, -0.15) is 0 Å². The van der Waals surface area contributed by atoms with Crippen LogP contribution in [0, 0.1) is 0 Å². The number of halogens is 2. The van der Waals surface area contributed by atoms with Crippen LogP contribution in [0.15, 0.2) is 48.7 Å². The molecule has 3 nitrogen and oxygen atoms in total. The molecule has 0 saturated carbocycles. The predicted molar refractivity (Wildman–Crippen MR) is 106 cm³/mol. The fraction of sp³-hybridized carbons (Fsp3) is 0.300. The van der Waals surface area contributed by atoms with Crippen LogP contribution in [0.4, 0.5) is 0 Å². The molecule has 3 rings (SSSR count). The van der Waals surface area contributed by atoms with Gasteiger partial charge in [0, 0.05) is 46.3 Å². The van der Waals surface area contributed by atoms with Gasteiger partial charge in [0.1, 0.15) is 0 Å². The van der Waals surface area contributed by atoms with Gasteiger partial charge in [0.2, 0.25) is 0 Å². The number of hydrogen-bond acceptors (Lipinski definition) is 2. The summed E-state index contributed by atoms with van der Waals surface area (Å²) in [7, 11) is 0. The summed E-state index contributed by atoms with van der Waals surface area (Å²) in [5.41, 5.74) is 3.42. The summed E-state index contributed by atoms with van der Waals surface area (Å²) in [5, 5.41) is 15.3. The van der Waals surface area contributed by atoms with Crippen molar-refractivity contribution < 1.29 is 5.11 Å². The molecule has 0 aliphatic heterocycles. The monoisotopic (exact) mass is 376 g/mol. The van der Waals surface area contributed by atoms with Crippen molar-refractivity contribution in [3.63, 3.8) is 0 Å². The molecule has 0 fully saturated rings. The van der Waals surface area contributed by atoms with Crippen LogP contribution in [-0.4, -0.2) is 22.3 Å². The fourth-order valence-corrected chi connectivity index (χ4v) is 3.49.